The van der Waals surface area contributed by atoms with Crippen LogP contribution in [0.25, 0.3) is 22.4 Å². The number of oxazole rings is 1. The van der Waals surface area contributed by atoms with Crippen molar-refractivity contribution >= 4 is 22.7 Å². The molecule has 0 bridgehead atoms. The minimum absolute atomic E-state index is 0.0166. The summed E-state index contributed by atoms with van der Waals surface area (Å²) in [7, 11) is 3.18. The lowest BCUT2D eigenvalue weighted by atomic mass is 10.2. The van der Waals surface area contributed by atoms with Crippen molar-refractivity contribution in [1.82, 2.24) is 14.5 Å². The molecule has 8 heteroatoms. The van der Waals surface area contributed by atoms with E-state index in [4.69, 9.17) is 23.9 Å². The number of nitrogens with zero attached hydrogens (tertiary/aromatic N) is 3. The fourth-order valence-electron chi connectivity index (χ4n) is 3.55. The first kappa shape index (κ1) is 22.0. The van der Waals surface area contributed by atoms with Crippen LogP contribution in [-0.4, -0.2) is 28.8 Å². The van der Waals surface area contributed by atoms with Gasteiger partial charge in [-0.05, 0) is 45.0 Å². The minimum atomic E-state index is -0.0354. The third-order valence-electron chi connectivity index (χ3n) is 5.16. The van der Waals surface area contributed by atoms with E-state index in [0.29, 0.717) is 50.5 Å². The summed E-state index contributed by atoms with van der Waals surface area (Å²) < 4.78 is 18.6. The molecule has 0 N–H and O–H groups in total. The number of rotatable bonds is 7. The molecule has 0 saturated carbocycles. The molecule has 0 aliphatic heterocycles. The monoisotopic (exact) mass is 451 g/mol. The zero-order valence-electron chi connectivity index (χ0n) is 18.7. The van der Waals surface area contributed by atoms with Crippen molar-refractivity contribution in [1.29, 1.82) is 0 Å². The van der Waals surface area contributed by atoms with Gasteiger partial charge in [-0.25, -0.2) is 9.97 Å². The maximum absolute atomic E-state index is 13.0. The van der Waals surface area contributed by atoms with E-state index in [-0.39, 0.29) is 11.6 Å². The summed E-state index contributed by atoms with van der Waals surface area (Å²) in [6.45, 7) is 5.84. The molecule has 2 aromatic heterocycles. The minimum Gasteiger partial charge on any atom is -0.493 e. The molecular weight excluding hydrogens is 426 g/mol. The van der Waals surface area contributed by atoms with E-state index in [1.165, 1.54) is 11.8 Å². The fourth-order valence-corrected chi connectivity index (χ4v) is 4.68. The van der Waals surface area contributed by atoms with Crippen molar-refractivity contribution < 1.29 is 13.9 Å². The Balaban J connectivity index is 1.68. The quantitative estimate of drug-likeness (QED) is 0.280. The van der Waals surface area contributed by atoms with Crippen molar-refractivity contribution in [2.45, 2.75) is 37.7 Å². The molecule has 0 aliphatic carbocycles. The van der Waals surface area contributed by atoms with Crippen LogP contribution >= 0.6 is 11.8 Å². The van der Waals surface area contributed by atoms with Crippen LogP contribution in [0.2, 0.25) is 0 Å². The van der Waals surface area contributed by atoms with Gasteiger partial charge in [-0.2, -0.15) is 0 Å². The maximum Gasteiger partial charge on any atom is 0.262 e. The van der Waals surface area contributed by atoms with Crippen LogP contribution in [0.4, 0.5) is 0 Å². The molecule has 0 spiro atoms. The Hall–Kier alpha value is -3.26. The zero-order valence-corrected chi connectivity index (χ0v) is 19.5. The number of methoxy groups -OCH3 is 2. The highest BCUT2D eigenvalue weighted by atomic mass is 32.2. The third kappa shape index (κ3) is 3.98. The van der Waals surface area contributed by atoms with Crippen molar-refractivity contribution in [2.24, 2.45) is 0 Å². The normalized spacial score (nSPS) is 11.3. The highest BCUT2D eigenvalue weighted by molar-refractivity contribution is 7.98. The first-order valence-electron chi connectivity index (χ1n) is 10.3. The zero-order chi connectivity index (χ0) is 22.8. The van der Waals surface area contributed by atoms with E-state index in [1.807, 2.05) is 63.2 Å². The number of thioether (sulfide) groups is 1. The number of fused-ring (bicyclic) bond motifs is 1. The van der Waals surface area contributed by atoms with E-state index >= 15 is 0 Å². The smallest absolute Gasteiger partial charge is 0.262 e. The summed E-state index contributed by atoms with van der Waals surface area (Å²) >= 11 is 1.47. The summed E-state index contributed by atoms with van der Waals surface area (Å²) in [5, 5.41) is 1.28. The predicted octanol–water partition coefficient (Wildman–Crippen LogP) is 5.25. The lowest BCUT2D eigenvalue weighted by Crippen LogP contribution is -2.25. The predicted molar refractivity (Wildman–Crippen MR) is 126 cm³/mol. The van der Waals surface area contributed by atoms with Crippen molar-refractivity contribution in [3.63, 3.8) is 0 Å². The van der Waals surface area contributed by atoms with Crippen LogP contribution in [0.5, 0.6) is 11.5 Å². The van der Waals surface area contributed by atoms with E-state index in [2.05, 4.69) is 0 Å². The van der Waals surface area contributed by atoms with Gasteiger partial charge in [0, 0.05) is 11.8 Å². The van der Waals surface area contributed by atoms with E-state index in [0.717, 1.165) is 5.69 Å². The lowest BCUT2D eigenvalue weighted by molar-refractivity contribution is 0.355. The largest absolute Gasteiger partial charge is 0.493 e. The van der Waals surface area contributed by atoms with Gasteiger partial charge in [-0.3, -0.25) is 9.36 Å². The molecule has 0 fully saturated rings. The first-order valence-corrected chi connectivity index (χ1v) is 11.2. The maximum atomic E-state index is 13.0. The molecule has 0 radical (unpaired) electrons. The van der Waals surface area contributed by atoms with E-state index in [1.54, 1.807) is 18.8 Å². The standard InChI is InChI=1S/C24H25N3O4S/c1-14(2)27-23(28)16-9-6-7-11-18(16)26-24(27)32-13-19-15(3)31-22(25-19)17-10-8-12-20(29-4)21(17)30-5/h6-12,14H,13H2,1-5H3. The Morgan fingerprint density at radius 3 is 2.56 bits per heavy atom. The molecule has 0 amide bonds. The Morgan fingerprint density at radius 1 is 1.06 bits per heavy atom. The van der Waals surface area contributed by atoms with Gasteiger partial charge in [0.1, 0.15) is 5.76 Å². The second-order valence-electron chi connectivity index (χ2n) is 7.53. The molecule has 4 rings (SSSR count). The lowest BCUT2D eigenvalue weighted by Gasteiger charge is -2.15. The van der Waals surface area contributed by atoms with Crippen molar-refractivity contribution in [3.8, 4) is 23.0 Å². The van der Waals surface area contributed by atoms with E-state index < -0.39 is 0 Å². The molecule has 0 atom stereocenters. The Kier molecular flexibility index (Phi) is 6.23. The molecule has 7 nitrogen and oxygen atoms in total. The van der Waals surface area contributed by atoms with Gasteiger partial charge < -0.3 is 13.9 Å². The Labute approximate surface area is 190 Å². The molecule has 0 aliphatic rings. The van der Waals surface area contributed by atoms with Crippen molar-refractivity contribution in [3.05, 3.63) is 64.3 Å². The molecule has 0 saturated heterocycles. The summed E-state index contributed by atoms with van der Waals surface area (Å²) in [5.41, 5.74) is 2.16. The highest BCUT2D eigenvalue weighted by Gasteiger charge is 2.20. The van der Waals surface area contributed by atoms with Gasteiger partial charge >= 0.3 is 0 Å². The van der Waals surface area contributed by atoms with Gasteiger partial charge in [0.25, 0.3) is 5.56 Å². The van der Waals surface area contributed by atoms with Crippen LogP contribution in [0.15, 0.2) is 56.8 Å². The van der Waals surface area contributed by atoms with Crippen LogP contribution < -0.4 is 15.0 Å². The van der Waals surface area contributed by atoms with E-state index in [9.17, 15) is 4.79 Å². The summed E-state index contributed by atoms with van der Waals surface area (Å²) in [6, 6.07) is 13.0. The van der Waals surface area contributed by atoms with Gasteiger partial charge in [0.15, 0.2) is 16.7 Å². The number of hydrogen-bond donors (Lipinski definition) is 0. The fraction of sp³-hybridized carbons (Fsp3) is 0.292. The molecule has 4 aromatic rings. The Morgan fingerprint density at radius 2 is 1.84 bits per heavy atom. The average molecular weight is 452 g/mol. The third-order valence-corrected chi connectivity index (χ3v) is 6.12. The van der Waals surface area contributed by atoms with Gasteiger partial charge in [-0.15, -0.1) is 0 Å². The molecule has 2 heterocycles. The number of aromatic nitrogens is 3. The van der Waals surface area contributed by atoms with Gasteiger partial charge in [0.05, 0.1) is 36.4 Å². The van der Waals surface area contributed by atoms with Crippen molar-refractivity contribution in [2.75, 3.05) is 14.2 Å². The first-order chi connectivity index (χ1) is 15.4. The Bertz CT molecular complexity index is 1330. The topological polar surface area (TPSA) is 79.4 Å². The summed E-state index contributed by atoms with van der Waals surface area (Å²) in [4.78, 5) is 22.5. The number of benzene rings is 2. The molecule has 2 aromatic carbocycles. The SMILES string of the molecule is COc1cccc(-c2nc(CSc3nc4ccccc4c(=O)n3C(C)C)c(C)o2)c1OC. The van der Waals surface area contributed by atoms with Crippen LogP contribution in [0.3, 0.4) is 0 Å². The second-order valence-corrected chi connectivity index (χ2v) is 8.47. The van der Waals surface area contributed by atoms with Crippen LogP contribution in [0, 0.1) is 6.92 Å². The highest BCUT2D eigenvalue weighted by Crippen LogP contribution is 2.38. The van der Waals surface area contributed by atoms with Gasteiger partial charge in [-0.1, -0.05) is 30.0 Å². The summed E-state index contributed by atoms with van der Waals surface area (Å²) in [6.07, 6.45) is 0. The average Bonchev–Trinajstić information content (AvgIpc) is 3.17. The summed E-state index contributed by atoms with van der Waals surface area (Å²) in [5.74, 6) is 2.86. The molecule has 166 valence electrons. The molecule has 32 heavy (non-hydrogen) atoms. The van der Waals surface area contributed by atoms with Crippen LogP contribution in [0.1, 0.15) is 31.3 Å². The second kappa shape index (κ2) is 9.08. The molecule has 0 unspecified atom stereocenters. The molecular formula is C24H25N3O4S. The number of ether oxygens (including phenoxy) is 2. The number of para-hydroxylation sites is 2. The van der Waals surface area contributed by atoms with Gasteiger partial charge in [0.2, 0.25) is 5.89 Å². The van der Waals surface area contributed by atoms with Crippen LogP contribution in [-0.2, 0) is 5.75 Å². The number of hydrogen-bond acceptors (Lipinski definition) is 7. The number of aryl methyl sites for hydroxylation is 1.